The summed E-state index contributed by atoms with van der Waals surface area (Å²) in [4.78, 5) is 37.5. The smallest absolute Gasteiger partial charge is 0.306 e. The minimum Gasteiger partial charge on any atom is -0.481 e. The van der Waals surface area contributed by atoms with Crippen molar-refractivity contribution in [1.82, 2.24) is 10.2 Å². The van der Waals surface area contributed by atoms with E-state index in [1.807, 2.05) is 18.7 Å². The third kappa shape index (κ3) is 4.95. The molecule has 3 unspecified atom stereocenters. The summed E-state index contributed by atoms with van der Waals surface area (Å²) in [6, 6.07) is 0. The number of nitrogens with zero attached hydrogens (tertiary/aromatic N) is 1. The molecule has 1 aliphatic heterocycles. The molecule has 1 saturated carbocycles. The summed E-state index contributed by atoms with van der Waals surface area (Å²) in [6.45, 7) is 5.78. The Hall–Kier alpha value is -1.59. The van der Waals surface area contributed by atoms with Crippen LogP contribution >= 0.6 is 0 Å². The molecule has 0 aromatic heterocycles. The van der Waals surface area contributed by atoms with E-state index in [4.69, 9.17) is 0 Å². The molecule has 0 aromatic carbocycles. The Labute approximate surface area is 144 Å². The number of likely N-dealkylation sites (tertiary alicyclic amines) is 1. The molecule has 2 rings (SSSR count). The van der Waals surface area contributed by atoms with Crippen LogP contribution in [0.25, 0.3) is 0 Å². The van der Waals surface area contributed by atoms with Gasteiger partial charge in [-0.05, 0) is 38.0 Å². The molecule has 2 aliphatic rings. The van der Waals surface area contributed by atoms with Crippen LogP contribution in [0.5, 0.6) is 0 Å². The minimum absolute atomic E-state index is 0.0264. The zero-order valence-electron chi connectivity index (χ0n) is 14.8. The fourth-order valence-electron chi connectivity index (χ4n) is 3.78. The van der Waals surface area contributed by atoms with Crippen molar-refractivity contribution in [2.45, 2.75) is 52.4 Å². The number of rotatable bonds is 5. The second kappa shape index (κ2) is 8.49. The molecule has 0 bridgehead atoms. The maximum atomic E-state index is 12.8. The second-order valence-electron chi connectivity index (χ2n) is 7.59. The highest BCUT2D eigenvalue weighted by atomic mass is 16.4. The molecule has 6 nitrogen and oxygen atoms in total. The maximum absolute atomic E-state index is 12.8. The van der Waals surface area contributed by atoms with Crippen molar-refractivity contribution in [1.29, 1.82) is 0 Å². The predicted molar refractivity (Wildman–Crippen MR) is 90.2 cm³/mol. The molecule has 1 aliphatic carbocycles. The number of carbonyl (C=O) groups excluding carboxylic acids is 2. The third-order valence-corrected chi connectivity index (χ3v) is 5.29. The van der Waals surface area contributed by atoms with Crippen LogP contribution in [0.4, 0.5) is 0 Å². The molecule has 136 valence electrons. The molecule has 6 heteroatoms. The highest BCUT2D eigenvalue weighted by molar-refractivity contribution is 5.80. The molecule has 24 heavy (non-hydrogen) atoms. The van der Waals surface area contributed by atoms with E-state index in [0.29, 0.717) is 31.8 Å². The van der Waals surface area contributed by atoms with E-state index in [0.717, 1.165) is 32.2 Å². The Morgan fingerprint density at radius 3 is 2.50 bits per heavy atom. The summed E-state index contributed by atoms with van der Waals surface area (Å²) in [5, 5.41) is 12.2. The molecule has 0 spiro atoms. The summed E-state index contributed by atoms with van der Waals surface area (Å²) in [6.07, 6.45) is 4.74. The number of carbonyl (C=O) groups is 3. The van der Waals surface area contributed by atoms with Crippen LogP contribution in [-0.4, -0.2) is 47.4 Å². The zero-order chi connectivity index (χ0) is 17.7. The van der Waals surface area contributed by atoms with Crippen molar-refractivity contribution < 1.29 is 19.5 Å². The Morgan fingerprint density at radius 2 is 1.83 bits per heavy atom. The van der Waals surface area contributed by atoms with Crippen molar-refractivity contribution in [3.8, 4) is 0 Å². The summed E-state index contributed by atoms with van der Waals surface area (Å²) >= 11 is 0. The summed E-state index contributed by atoms with van der Waals surface area (Å²) in [7, 11) is 0. The number of nitrogens with one attached hydrogen (secondary N) is 1. The van der Waals surface area contributed by atoms with Gasteiger partial charge in [-0.3, -0.25) is 14.4 Å². The molecule has 3 atom stereocenters. The predicted octanol–water partition coefficient (Wildman–Crippen LogP) is 1.89. The standard InChI is InChI=1S/C18H30N2O4/c1-12(2)16(21)19-10-13-5-4-8-20(11-13)17(22)14-6-3-7-15(9-14)18(23)24/h12-15H,3-11H2,1-2H3,(H,19,21)(H,23,24). The lowest BCUT2D eigenvalue weighted by atomic mass is 9.80. The number of piperidine rings is 1. The topological polar surface area (TPSA) is 86.7 Å². The fourth-order valence-corrected chi connectivity index (χ4v) is 3.78. The maximum Gasteiger partial charge on any atom is 0.306 e. The molecule has 0 aromatic rings. The highest BCUT2D eigenvalue weighted by Gasteiger charge is 2.34. The van der Waals surface area contributed by atoms with Gasteiger partial charge in [0.15, 0.2) is 0 Å². The van der Waals surface area contributed by atoms with Gasteiger partial charge in [-0.15, -0.1) is 0 Å². The third-order valence-electron chi connectivity index (χ3n) is 5.29. The van der Waals surface area contributed by atoms with Crippen LogP contribution < -0.4 is 5.32 Å². The number of carboxylic acids is 1. The van der Waals surface area contributed by atoms with Gasteiger partial charge in [-0.2, -0.15) is 0 Å². The summed E-state index contributed by atoms with van der Waals surface area (Å²) in [5.74, 6) is -0.871. The number of aliphatic carboxylic acids is 1. The van der Waals surface area contributed by atoms with Gasteiger partial charge >= 0.3 is 5.97 Å². The lowest BCUT2D eigenvalue weighted by Crippen LogP contribution is -2.47. The molecule has 1 heterocycles. The van der Waals surface area contributed by atoms with E-state index >= 15 is 0 Å². The van der Waals surface area contributed by atoms with E-state index in [1.165, 1.54) is 0 Å². The van der Waals surface area contributed by atoms with Gasteiger partial charge in [0, 0.05) is 31.5 Å². The number of carboxylic acid groups (broad SMARTS) is 1. The first-order valence-electron chi connectivity index (χ1n) is 9.17. The first-order chi connectivity index (χ1) is 11.4. The SMILES string of the molecule is CC(C)C(=O)NCC1CCCN(C(=O)C2CCCC(C(=O)O)C2)C1. The Balaban J connectivity index is 1.85. The van der Waals surface area contributed by atoms with Crippen molar-refractivity contribution in [3.05, 3.63) is 0 Å². The summed E-state index contributed by atoms with van der Waals surface area (Å²) < 4.78 is 0. The van der Waals surface area contributed by atoms with Crippen molar-refractivity contribution >= 4 is 17.8 Å². The second-order valence-corrected chi connectivity index (χ2v) is 7.59. The van der Waals surface area contributed by atoms with Crippen LogP contribution in [0.15, 0.2) is 0 Å². The fraction of sp³-hybridized carbons (Fsp3) is 0.833. The van der Waals surface area contributed by atoms with Gasteiger partial charge in [-0.1, -0.05) is 20.3 Å². The minimum atomic E-state index is -0.777. The molecule has 2 amide bonds. The normalized spacial score (nSPS) is 27.8. The van der Waals surface area contributed by atoms with Crippen LogP contribution in [0.3, 0.4) is 0 Å². The van der Waals surface area contributed by atoms with Gasteiger partial charge < -0.3 is 15.3 Å². The Bertz CT molecular complexity index is 478. The Morgan fingerprint density at radius 1 is 1.12 bits per heavy atom. The Kier molecular flexibility index (Phi) is 6.63. The lowest BCUT2D eigenvalue weighted by molar-refractivity contribution is -0.146. The van der Waals surface area contributed by atoms with E-state index < -0.39 is 5.97 Å². The molecule has 2 fully saturated rings. The van der Waals surface area contributed by atoms with Gasteiger partial charge in [-0.25, -0.2) is 0 Å². The molecule has 2 N–H and O–H groups in total. The molecular weight excluding hydrogens is 308 g/mol. The van der Waals surface area contributed by atoms with Crippen LogP contribution in [0.1, 0.15) is 52.4 Å². The van der Waals surface area contributed by atoms with Crippen molar-refractivity contribution in [2.24, 2.45) is 23.7 Å². The van der Waals surface area contributed by atoms with E-state index in [2.05, 4.69) is 5.32 Å². The van der Waals surface area contributed by atoms with E-state index in [-0.39, 0.29) is 29.6 Å². The van der Waals surface area contributed by atoms with E-state index in [1.54, 1.807) is 0 Å². The average Bonchev–Trinajstić information content (AvgIpc) is 2.59. The number of hydrogen-bond donors (Lipinski definition) is 2. The van der Waals surface area contributed by atoms with Crippen molar-refractivity contribution in [3.63, 3.8) is 0 Å². The number of hydrogen-bond acceptors (Lipinski definition) is 3. The van der Waals surface area contributed by atoms with Crippen LogP contribution in [0.2, 0.25) is 0 Å². The quantitative estimate of drug-likeness (QED) is 0.801. The highest BCUT2D eigenvalue weighted by Crippen LogP contribution is 2.31. The van der Waals surface area contributed by atoms with Crippen LogP contribution in [0, 0.1) is 23.7 Å². The lowest BCUT2D eigenvalue weighted by Gasteiger charge is -2.36. The average molecular weight is 338 g/mol. The van der Waals surface area contributed by atoms with Gasteiger partial charge in [0.2, 0.25) is 11.8 Å². The first-order valence-corrected chi connectivity index (χ1v) is 9.17. The van der Waals surface area contributed by atoms with Gasteiger partial charge in [0.05, 0.1) is 5.92 Å². The molecule has 1 saturated heterocycles. The van der Waals surface area contributed by atoms with Crippen LogP contribution in [-0.2, 0) is 14.4 Å². The largest absolute Gasteiger partial charge is 0.481 e. The van der Waals surface area contributed by atoms with Gasteiger partial charge in [0.25, 0.3) is 0 Å². The van der Waals surface area contributed by atoms with Crippen molar-refractivity contribution in [2.75, 3.05) is 19.6 Å². The van der Waals surface area contributed by atoms with E-state index in [9.17, 15) is 19.5 Å². The monoisotopic (exact) mass is 338 g/mol. The molecule has 0 radical (unpaired) electrons. The zero-order valence-corrected chi connectivity index (χ0v) is 14.8. The summed E-state index contributed by atoms with van der Waals surface area (Å²) in [5.41, 5.74) is 0. The first kappa shape index (κ1) is 18.7. The van der Waals surface area contributed by atoms with Gasteiger partial charge in [0.1, 0.15) is 0 Å². The molecular formula is C18H30N2O4. The number of amides is 2.